The highest BCUT2D eigenvalue weighted by Crippen LogP contribution is 2.28. The molecule has 0 aliphatic carbocycles. The van der Waals surface area contributed by atoms with E-state index >= 15 is 0 Å². The van der Waals surface area contributed by atoms with Crippen LogP contribution in [-0.4, -0.2) is 41.0 Å². The molecular formula is C33H49N3O4. The van der Waals surface area contributed by atoms with Gasteiger partial charge in [0.2, 0.25) is 5.91 Å². The van der Waals surface area contributed by atoms with E-state index in [4.69, 9.17) is 4.74 Å². The SMILES string of the molecule is CCCCN(C(=O)C(CC(C)C)NC(=O)OC(C)(C)C)C(C(=O)Nc1c(C)cccc1C)c1ccc(CC)cc1. The molecule has 0 aliphatic rings. The van der Waals surface area contributed by atoms with Crippen LogP contribution in [0.1, 0.15) is 96.0 Å². The summed E-state index contributed by atoms with van der Waals surface area (Å²) < 4.78 is 5.48. The van der Waals surface area contributed by atoms with E-state index in [0.29, 0.717) is 19.4 Å². The van der Waals surface area contributed by atoms with Crippen LogP contribution in [0.5, 0.6) is 0 Å². The van der Waals surface area contributed by atoms with Crippen LogP contribution in [0.3, 0.4) is 0 Å². The number of anilines is 1. The van der Waals surface area contributed by atoms with Crippen molar-refractivity contribution in [3.8, 4) is 0 Å². The number of amides is 3. The molecular weight excluding hydrogens is 502 g/mol. The van der Waals surface area contributed by atoms with Crippen molar-refractivity contribution in [1.29, 1.82) is 0 Å². The summed E-state index contributed by atoms with van der Waals surface area (Å²) in [6.45, 7) is 17.8. The molecule has 0 heterocycles. The molecule has 0 spiro atoms. The smallest absolute Gasteiger partial charge is 0.408 e. The normalized spacial score (nSPS) is 12.9. The van der Waals surface area contributed by atoms with Crippen molar-refractivity contribution in [2.45, 2.75) is 106 Å². The Morgan fingerprint density at radius 2 is 1.55 bits per heavy atom. The number of nitrogens with zero attached hydrogens (tertiary/aromatic N) is 1. The standard InChI is InChI=1S/C33H49N3O4/c1-10-12-20-36(31(38)27(21-22(3)4)34-32(39)40-33(7,8)9)29(26-18-16-25(11-2)17-19-26)30(37)35-28-23(5)14-13-15-24(28)6/h13-19,22,27,29H,10-12,20-21H2,1-9H3,(H,34,39)(H,35,37). The number of para-hydroxylation sites is 1. The third-order valence-electron chi connectivity index (χ3n) is 6.72. The molecule has 0 aromatic heterocycles. The Morgan fingerprint density at radius 3 is 2.05 bits per heavy atom. The molecule has 0 aliphatic heterocycles. The Hall–Kier alpha value is -3.35. The van der Waals surface area contributed by atoms with Gasteiger partial charge in [0, 0.05) is 12.2 Å². The Kier molecular flexibility index (Phi) is 12.2. The van der Waals surface area contributed by atoms with Gasteiger partial charge in [0.1, 0.15) is 17.7 Å². The molecule has 0 saturated heterocycles. The van der Waals surface area contributed by atoms with Gasteiger partial charge in [-0.1, -0.05) is 76.6 Å². The Balaban J connectivity index is 2.58. The first-order valence-electron chi connectivity index (χ1n) is 14.5. The summed E-state index contributed by atoms with van der Waals surface area (Å²) in [6, 6.07) is 12.0. The van der Waals surface area contributed by atoms with Gasteiger partial charge in [-0.05, 0) is 82.1 Å². The van der Waals surface area contributed by atoms with Gasteiger partial charge in [-0.2, -0.15) is 0 Å². The Bertz CT molecular complexity index is 1120. The van der Waals surface area contributed by atoms with Crippen molar-refractivity contribution < 1.29 is 19.1 Å². The number of nitrogens with one attached hydrogen (secondary N) is 2. The average Bonchev–Trinajstić information content (AvgIpc) is 2.86. The van der Waals surface area contributed by atoms with Crippen LogP contribution in [0.4, 0.5) is 10.5 Å². The van der Waals surface area contributed by atoms with Gasteiger partial charge in [0.25, 0.3) is 5.91 Å². The van der Waals surface area contributed by atoms with Crippen molar-refractivity contribution in [1.82, 2.24) is 10.2 Å². The van der Waals surface area contributed by atoms with Crippen LogP contribution in [0, 0.1) is 19.8 Å². The van der Waals surface area contributed by atoms with E-state index in [-0.39, 0.29) is 17.7 Å². The molecule has 7 nitrogen and oxygen atoms in total. The summed E-state index contributed by atoms with van der Waals surface area (Å²) >= 11 is 0. The quantitative estimate of drug-likeness (QED) is 0.294. The third kappa shape index (κ3) is 9.68. The summed E-state index contributed by atoms with van der Waals surface area (Å²) in [5.41, 5.74) is 3.82. The molecule has 2 unspecified atom stereocenters. The zero-order valence-corrected chi connectivity index (χ0v) is 25.9. The van der Waals surface area contributed by atoms with Crippen LogP contribution >= 0.6 is 0 Å². The highest BCUT2D eigenvalue weighted by Gasteiger charge is 2.36. The molecule has 220 valence electrons. The number of aryl methyl sites for hydroxylation is 3. The molecule has 0 saturated carbocycles. The number of hydrogen-bond donors (Lipinski definition) is 2. The maximum absolute atomic E-state index is 14.3. The van der Waals surface area contributed by atoms with Crippen molar-refractivity contribution >= 4 is 23.6 Å². The van der Waals surface area contributed by atoms with Crippen molar-refractivity contribution in [3.63, 3.8) is 0 Å². The summed E-state index contributed by atoms with van der Waals surface area (Å²) in [5.74, 6) is -0.455. The first-order chi connectivity index (χ1) is 18.8. The Morgan fingerprint density at radius 1 is 0.950 bits per heavy atom. The highest BCUT2D eigenvalue weighted by atomic mass is 16.6. The molecule has 7 heteroatoms. The van der Waals surface area contributed by atoms with Crippen molar-refractivity contribution in [3.05, 3.63) is 64.7 Å². The van der Waals surface area contributed by atoms with Crippen LogP contribution < -0.4 is 10.6 Å². The number of alkyl carbamates (subject to hydrolysis) is 1. The minimum atomic E-state index is -0.876. The second-order valence-electron chi connectivity index (χ2n) is 12.0. The largest absolute Gasteiger partial charge is 0.444 e. The number of unbranched alkanes of at least 4 members (excludes halogenated alkanes) is 1. The van der Waals surface area contributed by atoms with Gasteiger partial charge >= 0.3 is 6.09 Å². The highest BCUT2D eigenvalue weighted by molar-refractivity contribution is 5.99. The van der Waals surface area contributed by atoms with Crippen molar-refractivity contribution in [2.24, 2.45) is 5.92 Å². The average molecular weight is 552 g/mol. The second kappa shape index (κ2) is 14.9. The maximum atomic E-state index is 14.3. The summed E-state index contributed by atoms with van der Waals surface area (Å²) in [6.07, 6.45) is 2.20. The minimum absolute atomic E-state index is 0.127. The molecule has 2 aromatic carbocycles. The van der Waals surface area contributed by atoms with Gasteiger partial charge in [0.05, 0.1) is 0 Å². The summed E-state index contributed by atoms with van der Waals surface area (Å²) in [5, 5.41) is 5.93. The fourth-order valence-corrected chi connectivity index (χ4v) is 4.65. The van der Waals surface area contributed by atoms with Crippen molar-refractivity contribution in [2.75, 3.05) is 11.9 Å². The van der Waals surface area contributed by atoms with E-state index in [0.717, 1.165) is 40.8 Å². The molecule has 2 aromatic rings. The van der Waals surface area contributed by atoms with Crippen LogP contribution in [0.2, 0.25) is 0 Å². The lowest BCUT2D eigenvalue weighted by atomic mass is 9.97. The van der Waals surface area contributed by atoms with Gasteiger partial charge in [-0.25, -0.2) is 4.79 Å². The number of hydrogen-bond acceptors (Lipinski definition) is 4. The molecule has 0 fully saturated rings. The first kappa shape index (κ1) is 32.9. The van der Waals surface area contributed by atoms with Gasteiger partial charge < -0.3 is 20.3 Å². The predicted octanol–water partition coefficient (Wildman–Crippen LogP) is 7.11. The number of carbonyl (C=O) groups excluding carboxylic acids is 3. The van der Waals surface area contributed by atoms with E-state index in [9.17, 15) is 14.4 Å². The molecule has 0 bridgehead atoms. The van der Waals surface area contributed by atoms with Gasteiger partial charge in [-0.15, -0.1) is 0 Å². The van der Waals surface area contributed by atoms with E-state index < -0.39 is 23.8 Å². The first-order valence-corrected chi connectivity index (χ1v) is 14.5. The third-order valence-corrected chi connectivity index (χ3v) is 6.72. The lowest BCUT2D eigenvalue weighted by Gasteiger charge is -2.35. The van der Waals surface area contributed by atoms with Gasteiger partial charge in [-0.3, -0.25) is 9.59 Å². The molecule has 2 rings (SSSR count). The maximum Gasteiger partial charge on any atom is 0.408 e. The fourth-order valence-electron chi connectivity index (χ4n) is 4.65. The predicted molar refractivity (Wildman–Crippen MR) is 162 cm³/mol. The van der Waals surface area contributed by atoms with E-state index in [1.54, 1.807) is 25.7 Å². The van der Waals surface area contributed by atoms with Crippen LogP contribution in [0.15, 0.2) is 42.5 Å². The molecule has 0 radical (unpaired) electrons. The van der Waals surface area contributed by atoms with E-state index in [2.05, 4.69) is 24.5 Å². The monoisotopic (exact) mass is 551 g/mol. The lowest BCUT2D eigenvalue weighted by Crippen LogP contribution is -2.53. The second-order valence-corrected chi connectivity index (χ2v) is 12.0. The number of ether oxygens (including phenoxy) is 1. The molecule has 3 amide bonds. The number of rotatable bonds is 12. The van der Waals surface area contributed by atoms with E-state index in [1.165, 1.54) is 0 Å². The minimum Gasteiger partial charge on any atom is -0.444 e. The topological polar surface area (TPSA) is 87.7 Å². The number of benzene rings is 2. The lowest BCUT2D eigenvalue weighted by molar-refractivity contribution is -0.141. The zero-order chi connectivity index (χ0) is 30.0. The molecule has 2 atom stereocenters. The summed E-state index contributed by atoms with van der Waals surface area (Å²) in [7, 11) is 0. The van der Waals surface area contributed by atoms with E-state index in [1.807, 2.05) is 70.2 Å². The summed E-state index contributed by atoms with van der Waals surface area (Å²) in [4.78, 5) is 42.8. The van der Waals surface area contributed by atoms with Gasteiger partial charge in [0.15, 0.2) is 0 Å². The molecule has 2 N–H and O–H groups in total. The zero-order valence-electron chi connectivity index (χ0n) is 25.9. The van der Waals surface area contributed by atoms with Crippen LogP contribution in [0.25, 0.3) is 0 Å². The van der Waals surface area contributed by atoms with Crippen LogP contribution in [-0.2, 0) is 20.7 Å². The molecule has 40 heavy (non-hydrogen) atoms. The Labute approximate surface area is 241 Å². The fraction of sp³-hybridized carbons (Fsp3) is 0.545. The number of carbonyl (C=O) groups is 3.